The van der Waals surface area contributed by atoms with Gasteiger partial charge >= 0.3 is 5.97 Å². The van der Waals surface area contributed by atoms with Gasteiger partial charge in [0.25, 0.3) is 0 Å². The van der Waals surface area contributed by atoms with Crippen LogP contribution in [0.3, 0.4) is 0 Å². The molecule has 1 aromatic carbocycles. The van der Waals surface area contributed by atoms with Crippen LogP contribution in [0.5, 0.6) is 5.75 Å². The third kappa shape index (κ3) is 4.85. The van der Waals surface area contributed by atoms with Crippen LogP contribution in [0.4, 0.5) is 0 Å². The highest BCUT2D eigenvalue weighted by atomic mass is 16.5. The molecule has 1 atom stereocenters. The zero-order valence-electron chi connectivity index (χ0n) is 12.9. The highest BCUT2D eigenvalue weighted by molar-refractivity contribution is 5.77. The van der Waals surface area contributed by atoms with Gasteiger partial charge in [0.15, 0.2) is 0 Å². The number of esters is 1. The van der Waals surface area contributed by atoms with E-state index < -0.39 is 0 Å². The van der Waals surface area contributed by atoms with Crippen LogP contribution in [-0.2, 0) is 9.53 Å². The summed E-state index contributed by atoms with van der Waals surface area (Å²) in [5.74, 6) is 0.289. The molecule has 0 unspecified atom stereocenters. The Morgan fingerprint density at radius 2 is 2.00 bits per heavy atom. The van der Waals surface area contributed by atoms with Crippen molar-refractivity contribution in [3.8, 4) is 5.75 Å². The first-order valence-electron chi connectivity index (χ1n) is 7.15. The fraction of sp³-hybridized carbons (Fsp3) is 0.562. The maximum absolute atomic E-state index is 12.0. The van der Waals surface area contributed by atoms with Crippen LogP contribution in [0.25, 0.3) is 0 Å². The molecule has 0 spiro atoms. The Morgan fingerprint density at radius 3 is 2.60 bits per heavy atom. The number of hydrogen-bond acceptors (Lipinski definition) is 4. The second-order valence-corrected chi connectivity index (χ2v) is 4.69. The van der Waals surface area contributed by atoms with Crippen molar-refractivity contribution in [3.63, 3.8) is 0 Å². The largest absolute Gasteiger partial charge is 0.497 e. The minimum atomic E-state index is -0.276. The Balaban J connectivity index is 2.50. The Kier molecular flexibility index (Phi) is 7.09. The van der Waals surface area contributed by atoms with Gasteiger partial charge < -0.3 is 14.4 Å². The first kappa shape index (κ1) is 16.5. The van der Waals surface area contributed by atoms with Gasteiger partial charge in [0.1, 0.15) is 12.4 Å². The van der Waals surface area contributed by atoms with Gasteiger partial charge in [-0.05, 0) is 37.7 Å². The minimum Gasteiger partial charge on any atom is -0.497 e. The lowest BCUT2D eigenvalue weighted by Crippen LogP contribution is -2.28. The summed E-state index contributed by atoms with van der Waals surface area (Å²) in [5.41, 5.74) is 0.914. The number of ether oxygens (including phenoxy) is 2. The first-order chi connectivity index (χ1) is 9.62. The second kappa shape index (κ2) is 8.59. The van der Waals surface area contributed by atoms with E-state index in [0.29, 0.717) is 6.61 Å². The van der Waals surface area contributed by atoms with E-state index in [-0.39, 0.29) is 11.9 Å². The molecule has 0 aliphatic rings. The average molecular weight is 279 g/mol. The van der Waals surface area contributed by atoms with Gasteiger partial charge in [-0.3, -0.25) is 4.79 Å². The van der Waals surface area contributed by atoms with Gasteiger partial charge in [-0.15, -0.1) is 0 Å². The van der Waals surface area contributed by atoms with Crippen molar-refractivity contribution < 1.29 is 14.3 Å². The smallest absolute Gasteiger partial charge is 0.313 e. The molecule has 0 radical (unpaired) electrons. The van der Waals surface area contributed by atoms with Gasteiger partial charge in [-0.1, -0.05) is 26.0 Å². The summed E-state index contributed by atoms with van der Waals surface area (Å²) in [7, 11) is 1.62. The van der Waals surface area contributed by atoms with E-state index in [1.165, 1.54) is 0 Å². The molecule has 0 saturated carbocycles. The number of methoxy groups -OCH3 is 1. The summed E-state index contributed by atoms with van der Waals surface area (Å²) in [6, 6.07) is 7.53. The van der Waals surface area contributed by atoms with E-state index in [2.05, 4.69) is 18.7 Å². The van der Waals surface area contributed by atoms with E-state index in [9.17, 15) is 4.79 Å². The standard InChI is InChI=1S/C16H25NO3/c1-5-17(6-2)10-11-20-16(18)13(3)14-8-7-9-15(12-14)19-4/h7-9,12-13H,5-6,10-11H2,1-4H3/t13-/m0/s1. The highest BCUT2D eigenvalue weighted by Gasteiger charge is 2.17. The maximum atomic E-state index is 12.0. The molecule has 0 bridgehead atoms. The van der Waals surface area contributed by atoms with Crippen molar-refractivity contribution in [3.05, 3.63) is 29.8 Å². The number of hydrogen-bond donors (Lipinski definition) is 0. The van der Waals surface area contributed by atoms with E-state index >= 15 is 0 Å². The lowest BCUT2D eigenvalue weighted by Gasteiger charge is -2.18. The summed E-state index contributed by atoms with van der Waals surface area (Å²) >= 11 is 0. The summed E-state index contributed by atoms with van der Waals surface area (Å²) < 4.78 is 10.5. The molecule has 1 rings (SSSR count). The third-order valence-corrected chi connectivity index (χ3v) is 3.49. The van der Waals surface area contributed by atoms with Crippen molar-refractivity contribution >= 4 is 5.97 Å². The van der Waals surface area contributed by atoms with Crippen LogP contribution >= 0.6 is 0 Å². The summed E-state index contributed by atoms with van der Waals surface area (Å²) in [4.78, 5) is 14.2. The number of likely N-dealkylation sites (N-methyl/N-ethyl adjacent to an activating group) is 1. The summed E-state index contributed by atoms with van der Waals surface area (Å²) in [6.45, 7) is 9.22. The topological polar surface area (TPSA) is 38.8 Å². The van der Waals surface area contributed by atoms with Crippen LogP contribution in [0.1, 0.15) is 32.3 Å². The zero-order valence-corrected chi connectivity index (χ0v) is 12.9. The summed E-state index contributed by atoms with van der Waals surface area (Å²) in [5, 5.41) is 0. The predicted octanol–water partition coefficient (Wildman–Crippen LogP) is 2.68. The minimum absolute atomic E-state index is 0.189. The fourth-order valence-corrected chi connectivity index (χ4v) is 1.99. The van der Waals surface area contributed by atoms with E-state index in [0.717, 1.165) is 30.9 Å². The molecule has 0 heterocycles. The van der Waals surface area contributed by atoms with E-state index in [1.807, 2.05) is 31.2 Å². The molecular weight excluding hydrogens is 254 g/mol. The molecule has 0 N–H and O–H groups in total. The van der Waals surface area contributed by atoms with Gasteiger partial charge in [0.2, 0.25) is 0 Å². The van der Waals surface area contributed by atoms with E-state index in [1.54, 1.807) is 7.11 Å². The number of nitrogens with zero attached hydrogens (tertiary/aromatic N) is 1. The average Bonchev–Trinajstić information content (AvgIpc) is 2.50. The fourth-order valence-electron chi connectivity index (χ4n) is 1.99. The molecular formula is C16H25NO3. The van der Waals surface area contributed by atoms with Crippen molar-refractivity contribution in [2.75, 3.05) is 33.4 Å². The second-order valence-electron chi connectivity index (χ2n) is 4.69. The lowest BCUT2D eigenvalue weighted by molar-refractivity contribution is -0.145. The van der Waals surface area contributed by atoms with Crippen molar-refractivity contribution in [2.24, 2.45) is 0 Å². The molecule has 4 nitrogen and oxygen atoms in total. The van der Waals surface area contributed by atoms with Crippen molar-refractivity contribution in [1.82, 2.24) is 4.90 Å². The number of carbonyl (C=O) groups excluding carboxylic acids is 1. The van der Waals surface area contributed by atoms with Crippen molar-refractivity contribution in [1.29, 1.82) is 0 Å². The number of benzene rings is 1. The summed E-state index contributed by atoms with van der Waals surface area (Å²) in [6.07, 6.45) is 0. The van der Waals surface area contributed by atoms with Crippen LogP contribution < -0.4 is 4.74 Å². The van der Waals surface area contributed by atoms with Crippen LogP contribution in [0, 0.1) is 0 Å². The Hall–Kier alpha value is -1.55. The first-order valence-corrected chi connectivity index (χ1v) is 7.15. The van der Waals surface area contributed by atoms with Crippen LogP contribution in [-0.4, -0.2) is 44.2 Å². The molecule has 0 amide bonds. The molecule has 0 aliphatic carbocycles. The highest BCUT2D eigenvalue weighted by Crippen LogP contribution is 2.21. The molecule has 0 aromatic heterocycles. The lowest BCUT2D eigenvalue weighted by atomic mass is 10.0. The zero-order chi connectivity index (χ0) is 15.0. The normalized spacial score (nSPS) is 12.2. The maximum Gasteiger partial charge on any atom is 0.313 e. The van der Waals surface area contributed by atoms with Gasteiger partial charge in [-0.2, -0.15) is 0 Å². The molecule has 20 heavy (non-hydrogen) atoms. The number of carbonyl (C=O) groups is 1. The third-order valence-electron chi connectivity index (χ3n) is 3.49. The molecule has 0 fully saturated rings. The Morgan fingerprint density at radius 1 is 1.30 bits per heavy atom. The van der Waals surface area contributed by atoms with E-state index in [4.69, 9.17) is 9.47 Å². The van der Waals surface area contributed by atoms with Gasteiger partial charge in [0.05, 0.1) is 13.0 Å². The molecule has 112 valence electrons. The SMILES string of the molecule is CCN(CC)CCOC(=O)[C@@H](C)c1cccc(OC)c1. The number of rotatable bonds is 8. The Labute approximate surface area is 121 Å². The Bertz CT molecular complexity index is 416. The van der Waals surface area contributed by atoms with Gasteiger partial charge in [0, 0.05) is 6.54 Å². The van der Waals surface area contributed by atoms with Gasteiger partial charge in [-0.25, -0.2) is 0 Å². The molecule has 0 aliphatic heterocycles. The van der Waals surface area contributed by atoms with Crippen LogP contribution in [0.15, 0.2) is 24.3 Å². The monoisotopic (exact) mass is 279 g/mol. The molecule has 0 saturated heterocycles. The quantitative estimate of drug-likeness (QED) is 0.686. The molecule has 1 aromatic rings. The van der Waals surface area contributed by atoms with Crippen LogP contribution in [0.2, 0.25) is 0 Å². The molecule has 4 heteroatoms. The van der Waals surface area contributed by atoms with Crippen molar-refractivity contribution in [2.45, 2.75) is 26.7 Å². The predicted molar refractivity (Wildman–Crippen MR) is 80.2 cm³/mol.